The molecule has 0 bridgehead atoms. The van der Waals surface area contributed by atoms with Gasteiger partial charge in [-0.05, 0) is 44.1 Å². The summed E-state index contributed by atoms with van der Waals surface area (Å²) < 4.78 is 13.5. The van der Waals surface area contributed by atoms with Crippen LogP contribution in [-0.4, -0.2) is 30.1 Å². The van der Waals surface area contributed by atoms with Crippen LogP contribution in [0.25, 0.3) is 0 Å². The fourth-order valence-electron chi connectivity index (χ4n) is 2.25. The Morgan fingerprint density at radius 3 is 2.55 bits per heavy atom. The van der Waals surface area contributed by atoms with Gasteiger partial charge in [0.05, 0.1) is 5.56 Å². The number of carboxylic acids is 1. The zero-order valence-electron chi connectivity index (χ0n) is 11.2. The van der Waals surface area contributed by atoms with Crippen LogP contribution < -0.4 is 10.6 Å². The van der Waals surface area contributed by atoms with Crippen molar-refractivity contribution in [2.24, 2.45) is 5.41 Å². The third-order valence-electron chi connectivity index (χ3n) is 3.71. The van der Waals surface area contributed by atoms with Gasteiger partial charge >= 0.3 is 5.97 Å². The standard InChI is InChI=1S/C14H17FN2O3/c1-14(4-6-16-7-5-14)13(20)17-9-2-3-10(12(18)19)11(15)8-9/h2-3,8,16H,4-7H2,1H3,(H,17,20)(H,18,19). The summed E-state index contributed by atoms with van der Waals surface area (Å²) in [6.45, 7) is 3.43. The average Bonchev–Trinajstić information content (AvgIpc) is 2.39. The maximum absolute atomic E-state index is 13.5. The number of piperidine rings is 1. The lowest BCUT2D eigenvalue weighted by molar-refractivity contribution is -0.126. The van der Waals surface area contributed by atoms with Gasteiger partial charge in [-0.25, -0.2) is 9.18 Å². The molecule has 108 valence electrons. The van der Waals surface area contributed by atoms with Crippen molar-refractivity contribution in [1.29, 1.82) is 0 Å². The van der Waals surface area contributed by atoms with Crippen LogP contribution in [0.1, 0.15) is 30.1 Å². The van der Waals surface area contributed by atoms with Crippen molar-refractivity contribution in [2.75, 3.05) is 18.4 Å². The molecule has 1 heterocycles. The second-order valence-corrected chi connectivity index (χ2v) is 5.26. The minimum Gasteiger partial charge on any atom is -0.478 e. The minimum atomic E-state index is -1.33. The Morgan fingerprint density at radius 2 is 2.00 bits per heavy atom. The molecule has 0 atom stereocenters. The van der Waals surface area contributed by atoms with Crippen molar-refractivity contribution in [1.82, 2.24) is 5.32 Å². The van der Waals surface area contributed by atoms with E-state index in [1.165, 1.54) is 6.07 Å². The summed E-state index contributed by atoms with van der Waals surface area (Å²) in [7, 11) is 0. The molecule has 1 amide bonds. The van der Waals surface area contributed by atoms with Gasteiger partial charge < -0.3 is 15.7 Å². The Labute approximate surface area is 116 Å². The van der Waals surface area contributed by atoms with Crippen LogP contribution in [0.2, 0.25) is 0 Å². The van der Waals surface area contributed by atoms with Gasteiger partial charge in [0.25, 0.3) is 0 Å². The SMILES string of the molecule is CC1(C(=O)Nc2ccc(C(=O)O)c(F)c2)CCNCC1. The van der Waals surface area contributed by atoms with Gasteiger partial charge in [0, 0.05) is 11.1 Å². The molecule has 0 aliphatic carbocycles. The molecule has 0 saturated carbocycles. The van der Waals surface area contributed by atoms with Gasteiger partial charge in [0.15, 0.2) is 0 Å². The fourth-order valence-corrected chi connectivity index (χ4v) is 2.25. The van der Waals surface area contributed by atoms with Crippen LogP contribution in [-0.2, 0) is 4.79 Å². The Bertz CT molecular complexity index is 539. The summed E-state index contributed by atoms with van der Waals surface area (Å²) in [4.78, 5) is 23.0. The molecule has 6 heteroatoms. The predicted molar refractivity (Wildman–Crippen MR) is 72.2 cm³/mol. The van der Waals surface area contributed by atoms with Gasteiger partial charge in [0.1, 0.15) is 5.82 Å². The first kappa shape index (κ1) is 14.5. The van der Waals surface area contributed by atoms with E-state index in [1.807, 2.05) is 6.92 Å². The largest absolute Gasteiger partial charge is 0.478 e. The minimum absolute atomic E-state index is 0.165. The van der Waals surface area contributed by atoms with Crippen LogP contribution >= 0.6 is 0 Å². The third-order valence-corrected chi connectivity index (χ3v) is 3.71. The maximum atomic E-state index is 13.5. The first-order valence-corrected chi connectivity index (χ1v) is 6.47. The molecule has 3 N–H and O–H groups in total. The topological polar surface area (TPSA) is 78.4 Å². The summed E-state index contributed by atoms with van der Waals surface area (Å²) in [6.07, 6.45) is 1.43. The Balaban J connectivity index is 2.12. The highest BCUT2D eigenvalue weighted by atomic mass is 19.1. The summed E-state index contributed by atoms with van der Waals surface area (Å²) in [5.74, 6) is -2.35. The number of aromatic carboxylic acids is 1. The molecule has 0 unspecified atom stereocenters. The molecule has 5 nitrogen and oxygen atoms in total. The van der Waals surface area contributed by atoms with Crippen LogP contribution in [0.3, 0.4) is 0 Å². The first-order chi connectivity index (χ1) is 9.42. The monoisotopic (exact) mass is 280 g/mol. The van der Waals surface area contributed by atoms with E-state index in [0.717, 1.165) is 25.2 Å². The van der Waals surface area contributed by atoms with E-state index in [0.29, 0.717) is 12.8 Å². The van der Waals surface area contributed by atoms with E-state index < -0.39 is 22.8 Å². The smallest absolute Gasteiger partial charge is 0.338 e. The summed E-state index contributed by atoms with van der Waals surface area (Å²) in [5, 5.41) is 14.6. The zero-order chi connectivity index (χ0) is 14.8. The quantitative estimate of drug-likeness (QED) is 0.789. The molecule has 20 heavy (non-hydrogen) atoms. The Hall–Kier alpha value is -1.95. The second kappa shape index (κ2) is 5.58. The molecule has 0 spiro atoms. The van der Waals surface area contributed by atoms with Crippen molar-refractivity contribution in [3.63, 3.8) is 0 Å². The van der Waals surface area contributed by atoms with Crippen LogP contribution in [0.15, 0.2) is 18.2 Å². The lowest BCUT2D eigenvalue weighted by Crippen LogP contribution is -2.42. The number of carboxylic acid groups (broad SMARTS) is 1. The molecule has 0 radical (unpaired) electrons. The number of halogens is 1. The molecule has 1 fully saturated rings. The highest BCUT2D eigenvalue weighted by molar-refractivity contribution is 5.96. The number of hydrogen-bond donors (Lipinski definition) is 3. The number of carbonyl (C=O) groups is 2. The van der Waals surface area contributed by atoms with Crippen LogP contribution in [0.5, 0.6) is 0 Å². The highest BCUT2D eigenvalue weighted by Gasteiger charge is 2.34. The molecule has 1 aliphatic heterocycles. The van der Waals surface area contributed by atoms with Gasteiger partial charge in [-0.15, -0.1) is 0 Å². The van der Waals surface area contributed by atoms with Gasteiger partial charge in [-0.1, -0.05) is 6.92 Å². The third kappa shape index (κ3) is 2.96. The van der Waals surface area contributed by atoms with Crippen LogP contribution in [0, 0.1) is 11.2 Å². The highest BCUT2D eigenvalue weighted by Crippen LogP contribution is 2.29. The number of amides is 1. The molecule has 1 aromatic carbocycles. The van der Waals surface area contributed by atoms with Crippen molar-refractivity contribution in [3.05, 3.63) is 29.6 Å². The molecular formula is C14H17FN2O3. The molecular weight excluding hydrogens is 263 g/mol. The van der Waals surface area contributed by atoms with E-state index >= 15 is 0 Å². The van der Waals surface area contributed by atoms with E-state index in [2.05, 4.69) is 10.6 Å². The van der Waals surface area contributed by atoms with Crippen LogP contribution in [0.4, 0.5) is 10.1 Å². The number of rotatable bonds is 3. The molecule has 1 aliphatic rings. The predicted octanol–water partition coefficient (Wildman–Crippen LogP) is 1.85. The fraction of sp³-hybridized carbons (Fsp3) is 0.429. The average molecular weight is 280 g/mol. The van der Waals surface area contributed by atoms with Gasteiger partial charge in [-0.2, -0.15) is 0 Å². The zero-order valence-corrected chi connectivity index (χ0v) is 11.2. The normalized spacial score (nSPS) is 17.5. The first-order valence-electron chi connectivity index (χ1n) is 6.47. The number of anilines is 1. The summed E-state index contributed by atoms with van der Waals surface area (Å²) in [5.41, 5.74) is -0.610. The van der Waals surface area contributed by atoms with Crippen molar-refractivity contribution >= 4 is 17.6 Å². The molecule has 1 aromatic rings. The van der Waals surface area contributed by atoms with E-state index in [1.54, 1.807) is 0 Å². The van der Waals surface area contributed by atoms with Crippen molar-refractivity contribution < 1.29 is 19.1 Å². The van der Waals surface area contributed by atoms with E-state index in [9.17, 15) is 14.0 Å². The number of carbonyl (C=O) groups excluding carboxylic acids is 1. The summed E-state index contributed by atoms with van der Waals surface area (Å²) in [6, 6.07) is 3.58. The lowest BCUT2D eigenvalue weighted by atomic mass is 9.80. The number of nitrogens with one attached hydrogen (secondary N) is 2. The van der Waals surface area contributed by atoms with Gasteiger partial charge in [-0.3, -0.25) is 4.79 Å². The maximum Gasteiger partial charge on any atom is 0.338 e. The van der Waals surface area contributed by atoms with Crippen molar-refractivity contribution in [3.8, 4) is 0 Å². The Morgan fingerprint density at radius 1 is 1.35 bits per heavy atom. The van der Waals surface area contributed by atoms with E-state index in [4.69, 9.17) is 5.11 Å². The van der Waals surface area contributed by atoms with E-state index in [-0.39, 0.29) is 11.6 Å². The number of hydrogen-bond acceptors (Lipinski definition) is 3. The van der Waals surface area contributed by atoms with Gasteiger partial charge in [0.2, 0.25) is 5.91 Å². The molecule has 0 aromatic heterocycles. The summed E-state index contributed by atoms with van der Waals surface area (Å²) >= 11 is 0. The molecule has 1 saturated heterocycles. The van der Waals surface area contributed by atoms with Crippen molar-refractivity contribution in [2.45, 2.75) is 19.8 Å². The molecule has 2 rings (SSSR count). The Kier molecular flexibility index (Phi) is 4.04. The lowest BCUT2D eigenvalue weighted by Gasteiger charge is -2.32. The second-order valence-electron chi connectivity index (χ2n) is 5.26. The number of benzene rings is 1.